The summed E-state index contributed by atoms with van der Waals surface area (Å²) < 4.78 is 0. The van der Waals surface area contributed by atoms with Gasteiger partial charge in [-0.3, -0.25) is 0 Å². The van der Waals surface area contributed by atoms with Gasteiger partial charge in [-0.05, 0) is 62.9 Å². The smallest absolute Gasteiger partial charge is 0.141 e. The molecule has 0 radical (unpaired) electrons. The van der Waals surface area contributed by atoms with Crippen LogP contribution in [0, 0.1) is 0 Å². The second kappa shape index (κ2) is 6.87. The lowest BCUT2D eigenvalue weighted by Crippen LogP contribution is -2.37. The molecule has 3 N–H and O–H groups in total. The molecule has 0 saturated carbocycles. The molecule has 0 saturated heterocycles. The van der Waals surface area contributed by atoms with Crippen molar-refractivity contribution >= 4 is 22.9 Å². The number of nitrogens with zero attached hydrogens (tertiary/aromatic N) is 1. The molecular formula is C17H23N3S. The van der Waals surface area contributed by atoms with Crippen LogP contribution >= 0.6 is 11.3 Å². The van der Waals surface area contributed by atoms with Gasteiger partial charge in [-0.15, -0.1) is 11.3 Å². The van der Waals surface area contributed by atoms with E-state index < -0.39 is 0 Å². The van der Waals surface area contributed by atoms with Gasteiger partial charge in [0, 0.05) is 5.54 Å². The molecule has 1 heterocycles. The summed E-state index contributed by atoms with van der Waals surface area (Å²) in [5.74, 6) is 0.579. The first-order chi connectivity index (χ1) is 9.94. The van der Waals surface area contributed by atoms with E-state index in [4.69, 9.17) is 5.73 Å². The van der Waals surface area contributed by atoms with Crippen LogP contribution in [0.5, 0.6) is 0 Å². The van der Waals surface area contributed by atoms with E-state index in [1.165, 1.54) is 5.56 Å². The minimum absolute atomic E-state index is 0.152. The molecule has 2 rings (SSSR count). The lowest BCUT2D eigenvalue weighted by molar-refractivity contribution is 0.429. The molecule has 0 aliphatic heterocycles. The van der Waals surface area contributed by atoms with Crippen molar-refractivity contribution in [2.45, 2.75) is 32.7 Å². The van der Waals surface area contributed by atoms with Crippen molar-refractivity contribution in [1.29, 1.82) is 0 Å². The molecule has 0 aliphatic rings. The predicted molar refractivity (Wildman–Crippen MR) is 92.6 cm³/mol. The van der Waals surface area contributed by atoms with Gasteiger partial charge in [0.2, 0.25) is 0 Å². The fourth-order valence-corrected chi connectivity index (χ4v) is 2.61. The number of aliphatic imine (C=N–C) groups is 1. The average Bonchev–Trinajstić information content (AvgIpc) is 2.91. The summed E-state index contributed by atoms with van der Waals surface area (Å²) in [5.41, 5.74) is 8.36. The third-order valence-corrected chi connectivity index (χ3v) is 3.90. The van der Waals surface area contributed by atoms with Crippen LogP contribution < -0.4 is 11.1 Å². The average molecular weight is 301 g/mol. The van der Waals surface area contributed by atoms with Crippen LogP contribution in [0.3, 0.4) is 0 Å². The molecular weight excluding hydrogens is 278 g/mol. The fraction of sp³-hybridized carbons (Fsp3) is 0.353. The monoisotopic (exact) mass is 301 g/mol. The van der Waals surface area contributed by atoms with Crippen LogP contribution in [-0.2, 0) is 6.42 Å². The van der Waals surface area contributed by atoms with Gasteiger partial charge in [-0.25, -0.2) is 4.99 Å². The van der Waals surface area contributed by atoms with E-state index in [0.29, 0.717) is 5.84 Å². The SMILES string of the molecule is CC(C)(C)NCCc1cccc(N=C(N)c2cccs2)c1. The van der Waals surface area contributed by atoms with Crippen molar-refractivity contribution in [3.63, 3.8) is 0 Å². The molecule has 0 atom stereocenters. The topological polar surface area (TPSA) is 50.4 Å². The molecule has 2 aromatic rings. The number of hydrogen-bond donors (Lipinski definition) is 2. The highest BCUT2D eigenvalue weighted by Crippen LogP contribution is 2.17. The quantitative estimate of drug-likeness (QED) is 0.653. The summed E-state index contributed by atoms with van der Waals surface area (Å²) in [7, 11) is 0. The Morgan fingerprint density at radius 2 is 2.05 bits per heavy atom. The van der Waals surface area contributed by atoms with E-state index in [-0.39, 0.29) is 5.54 Å². The van der Waals surface area contributed by atoms with E-state index in [0.717, 1.165) is 23.5 Å². The summed E-state index contributed by atoms with van der Waals surface area (Å²) in [6, 6.07) is 12.2. The normalized spacial score (nSPS) is 12.6. The molecule has 0 unspecified atom stereocenters. The first-order valence-corrected chi connectivity index (χ1v) is 8.04. The van der Waals surface area contributed by atoms with Crippen LogP contribution in [0.1, 0.15) is 31.2 Å². The van der Waals surface area contributed by atoms with Crippen LogP contribution in [-0.4, -0.2) is 17.9 Å². The molecule has 0 aliphatic carbocycles. The number of nitrogens with one attached hydrogen (secondary N) is 1. The van der Waals surface area contributed by atoms with E-state index in [2.05, 4.69) is 43.2 Å². The minimum atomic E-state index is 0.152. The van der Waals surface area contributed by atoms with Gasteiger partial charge < -0.3 is 11.1 Å². The van der Waals surface area contributed by atoms with Crippen molar-refractivity contribution in [2.24, 2.45) is 10.7 Å². The van der Waals surface area contributed by atoms with Gasteiger partial charge in [-0.2, -0.15) is 0 Å². The summed E-state index contributed by atoms with van der Waals surface area (Å²) in [6.45, 7) is 7.48. The third-order valence-electron chi connectivity index (χ3n) is 3.00. The molecule has 1 aromatic heterocycles. The maximum absolute atomic E-state index is 6.03. The highest BCUT2D eigenvalue weighted by molar-refractivity contribution is 7.12. The summed E-state index contributed by atoms with van der Waals surface area (Å²) >= 11 is 1.61. The van der Waals surface area contributed by atoms with E-state index in [1.807, 2.05) is 29.6 Å². The Kier molecular flexibility index (Phi) is 5.15. The van der Waals surface area contributed by atoms with Crippen LogP contribution in [0.25, 0.3) is 0 Å². The Morgan fingerprint density at radius 3 is 2.71 bits per heavy atom. The number of rotatable bonds is 5. The van der Waals surface area contributed by atoms with Crippen LogP contribution in [0.2, 0.25) is 0 Å². The van der Waals surface area contributed by atoms with Crippen molar-refractivity contribution in [3.8, 4) is 0 Å². The van der Waals surface area contributed by atoms with Gasteiger partial charge >= 0.3 is 0 Å². The third kappa shape index (κ3) is 5.33. The van der Waals surface area contributed by atoms with Gasteiger partial charge in [-0.1, -0.05) is 18.2 Å². The Labute approximate surface area is 130 Å². The maximum Gasteiger partial charge on any atom is 0.141 e. The zero-order valence-electron chi connectivity index (χ0n) is 12.9. The Balaban J connectivity index is 2.02. The van der Waals surface area contributed by atoms with Gasteiger partial charge in [0.05, 0.1) is 10.6 Å². The van der Waals surface area contributed by atoms with Crippen LogP contribution in [0.4, 0.5) is 5.69 Å². The number of nitrogens with two attached hydrogens (primary N) is 1. The molecule has 0 spiro atoms. The molecule has 21 heavy (non-hydrogen) atoms. The summed E-state index contributed by atoms with van der Waals surface area (Å²) in [6.07, 6.45) is 0.986. The summed E-state index contributed by atoms with van der Waals surface area (Å²) in [5, 5.41) is 5.50. The molecule has 4 heteroatoms. The van der Waals surface area contributed by atoms with E-state index in [9.17, 15) is 0 Å². The number of amidine groups is 1. The standard InChI is InChI=1S/C17H23N3S/c1-17(2,3)19-10-9-13-6-4-7-14(12-13)20-16(18)15-8-5-11-21-15/h4-8,11-12,19H,9-10H2,1-3H3,(H2,18,20). The maximum atomic E-state index is 6.03. The second-order valence-electron chi connectivity index (χ2n) is 6.07. The molecule has 0 fully saturated rings. The number of benzene rings is 1. The minimum Gasteiger partial charge on any atom is -0.383 e. The van der Waals surface area contributed by atoms with Crippen molar-refractivity contribution in [3.05, 3.63) is 52.2 Å². The van der Waals surface area contributed by atoms with E-state index >= 15 is 0 Å². The number of thiophene rings is 1. The lowest BCUT2D eigenvalue weighted by Gasteiger charge is -2.20. The van der Waals surface area contributed by atoms with Gasteiger partial charge in [0.1, 0.15) is 5.84 Å². The Morgan fingerprint density at radius 1 is 1.24 bits per heavy atom. The lowest BCUT2D eigenvalue weighted by atomic mass is 10.1. The second-order valence-corrected chi connectivity index (χ2v) is 7.02. The Bertz CT molecular complexity index is 595. The first kappa shape index (κ1) is 15.7. The molecule has 0 amide bonds. The van der Waals surface area contributed by atoms with Gasteiger partial charge in [0.25, 0.3) is 0 Å². The molecule has 0 bridgehead atoms. The molecule has 1 aromatic carbocycles. The summed E-state index contributed by atoms with van der Waals surface area (Å²) in [4.78, 5) is 5.51. The Hall–Kier alpha value is -1.65. The van der Waals surface area contributed by atoms with Crippen molar-refractivity contribution in [2.75, 3.05) is 6.54 Å². The highest BCUT2D eigenvalue weighted by Gasteiger charge is 2.07. The fourth-order valence-electron chi connectivity index (χ4n) is 1.98. The first-order valence-electron chi connectivity index (χ1n) is 7.16. The highest BCUT2D eigenvalue weighted by atomic mass is 32.1. The number of hydrogen-bond acceptors (Lipinski definition) is 3. The zero-order chi connectivity index (χ0) is 15.3. The van der Waals surface area contributed by atoms with Crippen molar-refractivity contribution < 1.29 is 0 Å². The van der Waals surface area contributed by atoms with Crippen LogP contribution in [0.15, 0.2) is 46.8 Å². The van der Waals surface area contributed by atoms with E-state index in [1.54, 1.807) is 11.3 Å². The molecule has 112 valence electrons. The largest absolute Gasteiger partial charge is 0.383 e. The molecule has 3 nitrogen and oxygen atoms in total. The zero-order valence-corrected chi connectivity index (χ0v) is 13.7. The van der Waals surface area contributed by atoms with Gasteiger partial charge in [0.15, 0.2) is 0 Å². The predicted octanol–water partition coefficient (Wildman–Crippen LogP) is 3.72. The van der Waals surface area contributed by atoms with Crippen molar-refractivity contribution in [1.82, 2.24) is 5.32 Å².